The normalized spacial score (nSPS) is 10.9. The Morgan fingerprint density at radius 3 is 2.37 bits per heavy atom. The van der Waals surface area contributed by atoms with Crippen molar-refractivity contribution < 1.29 is 4.79 Å². The first kappa shape index (κ1) is 15.8. The number of pyridine rings is 1. The van der Waals surface area contributed by atoms with Crippen molar-refractivity contribution in [2.24, 2.45) is 11.8 Å². The predicted molar refractivity (Wildman–Crippen MR) is 79.5 cm³/mol. The molecular weight excluding hydrogens is 262 g/mol. The van der Waals surface area contributed by atoms with E-state index in [1.165, 1.54) is 0 Å². The average Bonchev–Trinajstić information content (AvgIpc) is 2.30. The molecule has 0 bridgehead atoms. The zero-order valence-electron chi connectivity index (χ0n) is 12.0. The molecule has 1 rings (SSSR count). The van der Waals surface area contributed by atoms with Gasteiger partial charge >= 0.3 is 6.03 Å². The van der Waals surface area contributed by atoms with Gasteiger partial charge < -0.3 is 10.2 Å². The molecule has 1 aromatic heterocycles. The fourth-order valence-corrected chi connectivity index (χ4v) is 1.96. The highest BCUT2D eigenvalue weighted by atomic mass is 35.5. The minimum absolute atomic E-state index is 0.127. The van der Waals surface area contributed by atoms with E-state index in [2.05, 4.69) is 38.0 Å². The van der Waals surface area contributed by atoms with Crippen LogP contribution in [0.1, 0.15) is 27.7 Å². The first-order valence-corrected chi connectivity index (χ1v) is 6.94. The van der Waals surface area contributed by atoms with Crippen LogP contribution in [0.15, 0.2) is 18.3 Å². The maximum Gasteiger partial charge on any atom is 0.321 e. The van der Waals surface area contributed by atoms with E-state index >= 15 is 0 Å². The highest BCUT2D eigenvalue weighted by Crippen LogP contribution is 2.18. The van der Waals surface area contributed by atoms with Crippen molar-refractivity contribution in [1.82, 2.24) is 9.88 Å². The number of nitrogens with one attached hydrogen (secondary N) is 1. The van der Waals surface area contributed by atoms with Crippen LogP contribution in [-0.4, -0.2) is 29.0 Å². The van der Waals surface area contributed by atoms with Gasteiger partial charge in [-0.15, -0.1) is 0 Å². The second kappa shape index (κ2) is 7.34. The van der Waals surface area contributed by atoms with E-state index in [1.807, 2.05) is 4.90 Å². The molecule has 19 heavy (non-hydrogen) atoms. The topological polar surface area (TPSA) is 45.2 Å². The average molecular weight is 284 g/mol. The lowest BCUT2D eigenvalue weighted by molar-refractivity contribution is 0.196. The summed E-state index contributed by atoms with van der Waals surface area (Å²) in [5, 5.41) is 3.12. The van der Waals surface area contributed by atoms with Crippen LogP contribution in [0.25, 0.3) is 0 Å². The molecular formula is C14H22ClN3O. The zero-order valence-corrected chi connectivity index (χ0v) is 12.7. The lowest BCUT2D eigenvalue weighted by Gasteiger charge is -2.26. The summed E-state index contributed by atoms with van der Waals surface area (Å²) in [6, 6.07) is 3.37. The first-order chi connectivity index (χ1) is 8.90. The number of hydrogen-bond acceptors (Lipinski definition) is 2. The number of urea groups is 1. The van der Waals surface area contributed by atoms with Crippen molar-refractivity contribution in [2.75, 3.05) is 18.4 Å². The minimum Gasteiger partial charge on any atom is -0.324 e. The standard InChI is InChI=1S/C14H22ClN3O/c1-10(2)8-18(9-11(3)4)14(19)17-12-6-5-7-16-13(12)15/h5-7,10-11H,8-9H2,1-4H3,(H,17,19). The third-order valence-electron chi connectivity index (χ3n) is 2.46. The third kappa shape index (κ3) is 5.47. The van der Waals surface area contributed by atoms with Gasteiger partial charge in [-0.05, 0) is 24.0 Å². The Morgan fingerprint density at radius 2 is 1.89 bits per heavy atom. The van der Waals surface area contributed by atoms with Crippen LogP contribution in [0.3, 0.4) is 0 Å². The monoisotopic (exact) mass is 283 g/mol. The molecule has 0 aliphatic carbocycles. The van der Waals surface area contributed by atoms with Crippen molar-refractivity contribution in [1.29, 1.82) is 0 Å². The van der Waals surface area contributed by atoms with Gasteiger partial charge in [-0.2, -0.15) is 0 Å². The summed E-state index contributed by atoms with van der Waals surface area (Å²) in [6.07, 6.45) is 1.60. The Hall–Kier alpha value is -1.29. The molecule has 4 nitrogen and oxygen atoms in total. The summed E-state index contributed by atoms with van der Waals surface area (Å²) in [7, 11) is 0. The molecule has 0 saturated carbocycles. The Balaban J connectivity index is 2.74. The zero-order chi connectivity index (χ0) is 14.4. The lowest BCUT2D eigenvalue weighted by Crippen LogP contribution is -2.40. The molecule has 0 radical (unpaired) electrons. The Bertz CT molecular complexity index is 411. The molecule has 0 aliphatic rings. The lowest BCUT2D eigenvalue weighted by atomic mass is 10.1. The van der Waals surface area contributed by atoms with Gasteiger partial charge in [0.05, 0.1) is 5.69 Å². The molecule has 5 heteroatoms. The highest BCUT2D eigenvalue weighted by Gasteiger charge is 2.17. The van der Waals surface area contributed by atoms with Gasteiger partial charge in [0, 0.05) is 19.3 Å². The van der Waals surface area contributed by atoms with E-state index in [0.717, 1.165) is 13.1 Å². The molecule has 0 atom stereocenters. The van der Waals surface area contributed by atoms with E-state index in [0.29, 0.717) is 22.7 Å². The highest BCUT2D eigenvalue weighted by molar-refractivity contribution is 6.32. The number of rotatable bonds is 5. The van der Waals surface area contributed by atoms with E-state index in [1.54, 1.807) is 18.3 Å². The Morgan fingerprint density at radius 1 is 1.32 bits per heavy atom. The molecule has 106 valence electrons. The number of halogens is 1. The molecule has 0 saturated heterocycles. The van der Waals surface area contributed by atoms with Crippen LogP contribution in [0, 0.1) is 11.8 Å². The molecule has 0 fully saturated rings. The number of hydrogen-bond donors (Lipinski definition) is 1. The van der Waals surface area contributed by atoms with Crippen LogP contribution in [0.4, 0.5) is 10.5 Å². The first-order valence-electron chi connectivity index (χ1n) is 6.56. The maximum atomic E-state index is 12.3. The second-order valence-electron chi connectivity index (χ2n) is 5.46. The van der Waals surface area contributed by atoms with E-state index < -0.39 is 0 Å². The molecule has 0 aliphatic heterocycles. The van der Waals surface area contributed by atoms with Gasteiger partial charge in [-0.3, -0.25) is 0 Å². The number of nitrogens with zero attached hydrogens (tertiary/aromatic N) is 2. The van der Waals surface area contributed by atoms with Crippen molar-refractivity contribution >= 4 is 23.3 Å². The second-order valence-corrected chi connectivity index (χ2v) is 5.82. The summed E-state index contributed by atoms with van der Waals surface area (Å²) in [4.78, 5) is 18.0. The summed E-state index contributed by atoms with van der Waals surface area (Å²) in [6.45, 7) is 9.83. The van der Waals surface area contributed by atoms with E-state index in [9.17, 15) is 4.79 Å². The van der Waals surface area contributed by atoms with Crippen molar-refractivity contribution in [3.8, 4) is 0 Å². The van der Waals surface area contributed by atoms with Crippen LogP contribution in [0.2, 0.25) is 5.15 Å². The van der Waals surface area contributed by atoms with E-state index in [4.69, 9.17) is 11.6 Å². The largest absolute Gasteiger partial charge is 0.324 e. The molecule has 1 heterocycles. The van der Waals surface area contributed by atoms with Crippen molar-refractivity contribution in [3.05, 3.63) is 23.5 Å². The number of carbonyl (C=O) groups excluding carboxylic acids is 1. The molecule has 0 unspecified atom stereocenters. The quantitative estimate of drug-likeness (QED) is 0.834. The smallest absolute Gasteiger partial charge is 0.321 e. The maximum absolute atomic E-state index is 12.3. The van der Waals surface area contributed by atoms with Gasteiger partial charge in [-0.1, -0.05) is 39.3 Å². The summed E-state index contributed by atoms with van der Waals surface area (Å²) >= 11 is 5.94. The van der Waals surface area contributed by atoms with E-state index in [-0.39, 0.29) is 6.03 Å². The molecule has 1 aromatic rings. The van der Waals surface area contributed by atoms with Crippen LogP contribution in [0.5, 0.6) is 0 Å². The number of anilines is 1. The fraction of sp³-hybridized carbons (Fsp3) is 0.571. The van der Waals surface area contributed by atoms with Gasteiger partial charge in [-0.25, -0.2) is 9.78 Å². The predicted octanol–water partition coefficient (Wildman–Crippen LogP) is 3.88. The van der Waals surface area contributed by atoms with Crippen LogP contribution >= 0.6 is 11.6 Å². The Labute approximate surface area is 120 Å². The Kier molecular flexibility index (Phi) is 6.09. The minimum atomic E-state index is -0.127. The summed E-state index contributed by atoms with van der Waals surface area (Å²) < 4.78 is 0. The fourth-order valence-electron chi connectivity index (χ4n) is 1.80. The van der Waals surface area contributed by atoms with Crippen LogP contribution < -0.4 is 5.32 Å². The molecule has 0 aromatic carbocycles. The molecule has 2 amide bonds. The van der Waals surface area contributed by atoms with Gasteiger partial charge in [0.2, 0.25) is 0 Å². The molecule has 0 spiro atoms. The van der Waals surface area contributed by atoms with Crippen LogP contribution in [-0.2, 0) is 0 Å². The summed E-state index contributed by atoms with van der Waals surface area (Å²) in [5.41, 5.74) is 0.548. The number of aromatic nitrogens is 1. The van der Waals surface area contributed by atoms with Crippen molar-refractivity contribution in [2.45, 2.75) is 27.7 Å². The summed E-state index contributed by atoms with van der Waals surface area (Å²) in [5.74, 6) is 0.850. The number of amides is 2. The van der Waals surface area contributed by atoms with Gasteiger partial charge in [0.1, 0.15) is 0 Å². The number of carbonyl (C=O) groups is 1. The molecule has 1 N–H and O–H groups in total. The van der Waals surface area contributed by atoms with Crippen molar-refractivity contribution in [3.63, 3.8) is 0 Å². The third-order valence-corrected chi connectivity index (χ3v) is 2.76. The van der Waals surface area contributed by atoms with Gasteiger partial charge in [0.15, 0.2) is 5.15 Å². The van der Waals surface area contributed by atoms with Gasteiger partial charge in [0.25, 0.3) is 0 Å². The SMILES string of the molecule is CC(C)CN(CC(C)C)C(=O)Nc1cccnc1Cl.